The maximum Gasteiger partial charge on any atom is 0.122 e. The topological polar surface area (TPSA) is 9.23 Å². The van der Waals surface area contributed by atoms with E-state index in [9.17, 15) is 0 Å². The van der Waals surface area contributed by atoms with Crippen molar-refractivity contribution in [1.29, 1.82) is 0 Å². The Morgan fingerprint density at radius 3 is 2.95 bits per heavy atom. The Labute approximate surface area is 132 Å². The van der Waals surface area contributed by atoms with Crippen LogP contribution in [0.2, 0.25) is 0 Å². The summed E-state index contributed by atoms with van der Waals surface area (Å²) in [5.74, 6) is 1.01. The molecule has 0 fully saturated rings. The average Bonchev–Trinajstić information content (AvgIpc) is 2.88. The van der Waals surface area contributed by atoms with Crippen LogP contribution in [0.15, 0.2) is 36.4 Å². The highest BCUT2D eigenvalue weighted by molar-refractivity contribution is 14.1. The van der Waals surface area contributed by atoms with Crippen LogP contribution in [0.5, 0.6) is 5.75 Å². The van der Waals surface area contributed by atoms with Crippen molar-refractivity contribution in [2.75, 3.05) is 6.61 Å². The van der Waals surface area contributed by atoms with Crippen LogP contribution in [-0.2, 0) is 6.42 Å². The van der Waals surface area contributed by atoms with E-state index in [2.05, 4.69) is 59.8 Å². The third-order valence-electron chi connectivity index (χ3n) is 3.50. The highest BCUT2D eigenvalue weighted by Gasteiger charge is 2.18. The van der Waals surface area contributed by atoms with E-state index in [1.165, 1.54) is 20.3 Å². The zero-order chi connectivity index (χ0) is 13.4. The second-order valence-electron chi connectivity index (χ2n) is 4.81. The van der Waals surface area contributed by atoms with Crippen molar-refractivity contribution in [3.63, 3.8) is 0 Å². The Kier molecular flexibility index (Phi) is 3.72. The van der Waals surface area contributed by atoms with Crippen molar-refractivity contribution < 1.29 is 4.74 Å². The zero-order valence-corrected chi connectivity index (χ0v) is 13.5. The molecule has 0 saturated carbocycles. The van der Waals surface area contributed by atoms with Crippen LogP contribution in [-0.4, -0.2) is 6.61 Å². The van der Waals surface area contributed by atoms with Crippen LogP contribution in [0.25, 0.3) is 0 Å². The van der Waals surface area contributed by atoms with Crippen molar-refractivity contribution >= 4 is 34.2 Å². The van der Waals surface area contributed by atoms with Gasteiger partial charge in [0.2, 0.25) is 0 Å². The Bertz CT molecular complexity index is 624. The molecule has 1 nitrogen and oxygen atoms in total. The van der Waals surface area contributed by atoms with Crippen LogP contribution < -0.4 is 4.74 Å². The average molecular weight is 385 g/mol. The molecule has 19 heavy (non-hydrogen) atoms. The van der Waals surface area contributed by atoms with Gasteiger partial charge >= 0.3 is 0 Å². The van der Waals surface area contributed by atoms with Crippen LogP contribution in [0.3, 0.4) is 0 Å². The maximum absolute atomic E-state index is 6.66. The fourth-order valence-corrected chi connectivity index (χ4v) is 3.58. The summed E-state index contributed by atoms with van der Waals surface area (Å²) in [6.45, 7) is 2.90. The number of alkyl halides is 1. The number of fused-ring (bicyclic) bond motifs is 1. The van der Waals surface area contributed by atoms with Gasteiger partial charge in [-0.1, -0.05) is 30.3 Å². The predicted molar refractivity (Wildman–Crippen MR) is 87.2 cm³/mol. The molecule has 1 atom stereocenters. The first-order chi connectivity index (χ1) is 9.16. The van der Waals surface area contributed by atoms with Crippen molar-refractivity contribution in [3.05, 3.63) is 62.2 Å². The molecule has 98 valence electrons. The molecule has 3 heteroatoms. The molecule has 0 spiro atoms. The number of halogens is 2. The van der Waals surface area contributed by atoms with Crippen LogP contribution in [0.1, 0.15) is 27.6 Å². The van der Waals surface area contributed by atoms with E-state index >= 15 is 0 Å². The summed E-state index contributed by atoms with van der Waals surface area (Å²) in [5.41, 5.74) is 4.87. The lowest BCUT2D eigenvalue weighted by atomic mass is 10.00. The molecule has 0 saturated heterocycles. The monoisotopic (exact) mass is 384 g/mol. The lowest BCUT2D eigenvalue weighted by Crippen LogP contribution is -1.98. The Hall–Kier alpha value is -0.740. The Morgan fingerprint density at radius 1 is 1.26 bits per heavy atom. The van der Waals surface area contributed by atoms with Gasteiger partial charge in [-0.05, 0) is 57.8 Å². The van der Waals surface area contributed by atoms with Gasteiger partial charge < -0.3 is 4.74 Å². The van der Waals surface area contributed by atoms with Gasteiger partial charge in [0.15, 0.2) is 0 Å². The van der Waals surface area contributed by atoms with E-state index in [0.717, 1.165) is 24.3 Å². The van der Waals surface area contributed by atoms with E-state index in [1.54, 1.807) is 0 Å². The van der Waals surface area contributed by atoms with Gasteiger partial charge in [-0.2, -0.15) is 0 Å². The molecular weight excluding hydrogens is 371 g/mol. The molecule has 1 unspecified atom stereocenters. The fraction of sp³-hybridized carbons (Fsp3) is 0.250. The quantitative estimate of drug-likeness (QED) is 0.530. The van der Waals surface area contributed by atoms with E-state index in [0.29, 0.717) is 0 Å². The zero-order valence-electron chi connectivity index (χ0n) is 10.6. The van der Waals surface area contributed by atoms with Crippen molar-refractivity contribution in [3.8, 4) is 5.75 Å². The normalized spacial score (nSPS) is 14.9. The summed E-state index contributed by atoms with van der Waals surface area (Å²) < 4.78 is 6.78. The minimum Gasteiger partial charge on any atom is -0.493 e. The molecule has 1 aliphatic rings. The lowest BCUT2D eigenvalue weighted by Gasteiger charge is -2.14. The van der Waals surface area contributed by atoms with Gasteiger partial charge in [0, 0.05) is 9.99 Å². The van der Waals surface area contributed by atoms with Crippen LogP contribution in [0, 0.1) is 10.5 Å². The minimum atomic E-state index is -0.0994. The third-order valence-corrected chi connectivity index (χ3v) is 5.46. The molecule has 0 bridgehead atoms. The van der Waals surface area contributed by atoms with Gasteiger partial charge in [0.1, 0.15) is 5.75 Å². The third kappa shape index (κ3) is 2.48. The van der Waals surface area contributed by atoms with Gasteiger partial charge in [0.05, 0.1) is 12.0 Å². The molecule has 2 aromatic rings. The maximum atomic E-state index is 6.66. The molecule has 0 aliphatic carbocycles. The fourth-order valence-electron chi connectivity index (χ4n) is 2.41. The van der Waals surface area contributed by atoms with Gasteiger partial charge in [-0.25, -0.2) is 0 Å². The Morgan fingerprint density at radius 2 is 2.11 bits per heavy atom. The molecule has 1 heterocycles. The lowest BCUT2D eigenvalue weighted by molar-refractivity contribution is 0.357. The number of rotatable bonds is 2. The first-order valence-electron chi connectivity index (χ1n) is 6.31. The Balaban J connectivity index is 2.00. The number of hydrogen-bond donors (Lipinski definition) is 0. The highest BCUT2D eigenvalue weighted by atomic mass is 127. The molecule has 3 rings (SSSR count). The summed E-state index contributed by atoms with van der Waals surface area (Å²) in [4.78, 5) is 0. The second-order valence-corrected chi connectivity index (χ2v) is 6.32. The van der Waals surface area contributed by atoms with E-state index in [-0.39, 0.29) is 5.38 Å². The predicted octanol–water partition coefficient (Wildman–Crippen LogP) is 4.86. The van der Waals surface area contributed by atoms with Crippen LogP contribution in [0.4, 0.5) is 0 Å². The molecule has 1 aliphatic heterocycles. The van der Waals surface area contributed by atoms with Crippen LogP contribution >= 0.6 is 34.2 Å². The summed E-state index contributed by atoms with van der Waals surface area (Å²) >= 11 is 9.04. The standard InChI is InChI=1S/C16H14ClIO/c1-10-3-2-4-13(16(10)18)15(17)12-5-6-14-11(9-12)7-8-19-14/h2-6,9,15H,7-8H2,1H3. The second kappa shape index (κ2) is 5.33. The van der Waals surface area contributed by atoms with Crippen molar-refractivity contribution in [2.24, 2.45) is 0 Å². The van der Waals surface area contributed by atoms with E-state index in [4.69, 9.17) is 16.3 Å². The highest BCUT2D eigenvalue weighted by Crippen LogP contribution is 2.36. The molecule has 0 radical (unpaired) electrons. The molecule has 2 aromatic carbocycles. The van der Waals surface area contributed by atoms with Gasteiger partial charge in [0.25, 0.3) is 0 Å². The van der Waals surface area contributed by atoms with Crippen molar-refractivity contribution in [1.82, 2.24) is 0 Å². The molecule has 0 aromatic heterocycles. The SMILES string of the molecule is Cc1cccc(C(Cl)c2ccc3c(c2)CCO3)c1I. The van der Waals surface area contributed by atoms with Gasteiger partial charge in [-0.3, -0.25) is 0 Å². The number of benzene rings is 2. The summed E-state index contributed by atoms with van der Waals surface area (Å²) in [6.07, 6.45) is 0.984. The largest absolute Gasteiger partial charge is 0.493 e. The van der Waals surface area contributed by atoms with E-state index < -0.39 is 0 Å². The molecular formula is C16H14ClIO. The van der Waals surface area contributed by atoms with Gasteiger partial charge in [-0.15, -0.1) is 11.6 Å². The summed E-state index contributed by atoms with van der Waals surface area (Å²) in [7, 11) is 0. The summed E-state index contributed by atoms with van der Waals surface area (Å²) in [5, 5.41) is -0.0994. The van der Waals surface area contributed by atoms with Crippen molar-refractivity contribution in [2.45, 2.75) is 18.7 Å². The first kappa shape index (κ1) is 13.3. The van der Waals surface area contributed by atoms with E-state index in [1.807, 2.05) is 6.07 Å². The first-order valence-corrected chi connectivity index (χ1v) is 7.83. The molecule has 0 N–H and O–H groups in total. The number of aryl methyl sites for hydroxylation is 1. The number of ether oxygens (including phenoxy) is 1. The minimum absolute atomic E-state index is 0.0994. The summed E-state index contributed by atoms with van der Waals surface area (Å²) in [6, 6.07) is 12.6. The smallest absolute Gasteiger partial charge is 0.122 e. The molecule has 0 amide bonds. The number of hydrogen-bond acceptors (Lipinski definition) is 1.